The zero-order chi connectivity index (χ0) is 13.2. The van der Waals surface area contributed by atoms with Gasteiger partial charge in [-0.1, -0.05) is 6.07 Å². The van der Waals surface area contributed by atoms with Crippen molar-refractivity contribution >= 4 is 0 Å². The fraction of sp³-hybridized carbons (Fsp3) is 0.500. The number of nitriles is 1. The van der Waals surface area contributed by atoms with E-state index in [0.717, 1.165) is 43.0 Å². The minimum absolute atomic E-state index is 0.632. The Morgan fingerprint density at radius 3 is 2.72 bits per heavy atom. The van der Waals surface area contributed by atoms with Crippen LogP contribution < -0.4 is 14.8 Å². The van der Waals surface area contributed by atoms with Crippen molar-refractivity contribution in [3.05, 3.63) is 23.8 Å². The molecular weight excluding hydrogens is 228 g/mol. The Hall–Kier alpha value is -1.73. The number of rotatable bonds is 8. The summed E-state index contributed by atoms with van der Waals surface area (Å²) in [6.45, 7) is 1.68. The van der Waals surface area contributed by atoms with Crippen LogP contribution in [-0.4, -0.2) is 20.8 Å². The van der Waals surface area contributed by atoms with Crippen LogP contribution in [0.5, 0.6) is 11.5 Å². The third-order valence-corrected chi connectivity index (χ3v) is 2.70. The smallest absolute Gasteiger partial charge is 0.127 e. The molecule has 4 heteroatoms. The van der Waals surface area contributed by atoms with Gasteiger partial charge >= 0.3 is 0 Å². The van der Waals surface area contributed by atoms with Crippen LogP contribution in [0.25, 0.3) is 0 Å². The quantitative estimate of drug-likeness (QED) is 0.718. The Bertz CT molecular complexity index is 399. The minimum atomic E-state index is 0.632. The Morgan fingerprint density at radius 2 is 2.06 bits per heavy atom. The van der Waals surface area contributed by atoms with E-state index in [2.05, 4.69) is 11.4 Å². The maximum absolute atomic E-state index is 8.42. The second kappa shape index (κ2) is 8.37. The first-order valence-corrected chi connectivity index (χ1v) is 6.10. The highest BCUT2D eigenvalue weighted by Crippen LogP contribution is 2.24. The van der Waals surface area contributed by atoms with E-state index in [-0.39, 0.29) is 0 Å². The molecule has 0 atom stereocenters. The van der Waals surface area contributed by atoms with Gasteiger partial charge < -0.3 is 14.8 Å². The van der Waals surface area contributed by atoms with Crippen LogP contribution >= 0.6 is 0 Å². The van der Waals surface area contributed by atoms with Gasteiger partial charge in [0.1, 0.15) is 11.5 Å². The van der Waals surface area contributed by atoms with Gasteiger partial charge in [0.25, 0.3) is 0 Å². The zero-order valence-electron chi connectivity index (χ0n) is 11.0. The Labute approximate surface area is 109 Å². The maximum Gasteiger partial charge on any atom is 0.127 e. The van der Waals surface area contributed by atoms with Gasteiger partial charge in [0, 0.05) is 24.6 Å². The van der Waals surface area contributed by atoms with Crippen molar-refractivity contribution in [2.75, 3.05) is 20.8 Å². The van der Waals surface area contributed by atoms with Gasteiger partial charge in [0.15, 0.2) is 0 Å². The van der Waals surface area contributed by atoms with Gasteiger partial charge in [-0.3, -0.25) is 0 Å². The van der Waals surface area contributed by atoms with Gasteiger partial charge in [-0.05, 0) is 25.5 Å². The van der Waals surface area contributed by atoms with E-state index >= 15 is 0 Å². The Morgan fingerprint density at radius 1 is 1.22 bits per heavy atom. The van der Waals surface area contributed by atoms with Crippen LogP contribution in [0.2, 0.25) is 0 Å². The van der Waals surface area contributed by atoms with Crippen LogP contribution in [0, 0.1) is 11.3 Å². The van der Waals surface area contributed by atoms with Crippen LogP contribution in [-0.2, 0) is 6.54 Å². The second-order valence-electron chi connectivity index (χ2n) is 3.97. The number of nitrogens with zero attached hydrogens (tertiary/aromatic N) is 1. The third kappa shape index (κ3) is 4.64. The first kappa shape index (κ1) is 14.3. The fourth-order valence-electron chi connectivity index (χ4n) is 1.68. The van der Waals surface area contributed by atoms with Crippen LogP contribution in [0.4, 0.5) is 0 Å². The molecule has 0 aliphatic carbocycles. The molecule has 1 aromatic carbocycles. The lowest BCUT2D eigenvalue weighted by molar-refractivity contribution is 0.389. The van der Waals surface area contributed by atoms with Gasteiger partial charge in [0.2, 0.25) is 0 Å². The highest BCUT2D eigenvalue weighted by molar-refractivity contribution is 5.40. The standard InChI is InChI=1S/C14H20N2O2/c1-17-13-7-6-12(14(10-13)18-2)11-16-9-5-3-4-8-15/h6-7,10,16H,3-5,9,11H2,1-2H3. The van der Waals surface area contributed by atoms with E-state index in [0.29, 0.717) is 6.42 Å². The molecule has 0 bridgehead atoms. The summed E-state index contributed by atoms with van der Waals surface area (Å²) in [5, 5.41) is 11.8. The lowest BCUT2D eigenvalue weighted by Gasteiger charge is -2.11. The SMILES string of the molecule is COc1ccc(CNCCCCC#N)c(OC)c1. The molecule has 0 aromatic heterocycles. The fourth-order valence-corrected chi connectivity index (χ4v) is 1.68. The molecule has 4 nitrogen and oxygen atoms in total. The van der Waals surface area contributed by atoms with Crippen LogP contribution in [0.1, 0.15) is 24.8 Å². The summed E-state index contributed by atoms with van der Waals surface area (Å²) in [5.74, 6) is 1.63. The third-order valence-electron chi connectivity index (χ3n) is 2.70. The van der Waals surface area contributed by atoms with Crippen molar-refractivity contribution in [3.63, 3.8) is 0 Å². The molecule has 0 heterocycles. The average Bonchev–Trinajstić information content (AvgIpc) is 2.42. The Kier molecular flexibility index (Phi) is 6.67. The molecule has 0 saturated carbocycles. The topological polar surface area (TPSA) is 54.3 Å². The molecule has 0 saturated heterocycles. The zero-order valence-corrected chi connectivity index (χ0v) is 11.0. The number of hydrogen-bond donors (Lipinski definition) is 1. The van der Waals surface area contributed by atoms with E-state index < -0.39 is 0 Å². The predicted octanol–water partition coefficient (Wildman–Crippen LogP) is 2.49. The molecule has 18 heavy (non-hydrogen) atoms. The highest BCUT2D eigenvalue weighted by Gasteiger charge is 2.04. The summed E-state index contributed by atoms with van der Waals surface area (Å²) in [6.07, 6.45) is 2.60. The number of nitrogens with one attached hydrogen (secondary N) is 1. The number of hydrogen-bond acceptors (Lipinski definition) is 4. The average molecular weight is 248 g/mol. The van der Waals surface area contributed by atoms with Crippen molar-refractivity contribution in [3.8, 4) is 17.6 Å². The van der Waals surface area contributed by atoms with Crippen molar-refractivity contribution in [1.29, 1.82) is 5.26 Å². The van der Waals surface area contributed by atoms with E-state index in [4.69, 9.17) is 14.7 Å². The van der Waals surface area contributed by atoms with E-state index in [9.17, 15) is 0 Å². The van der Waals surface area contributed by atoms with Gasteiger partial charge in [-0.15, -0.1) is 0 Å². The van der Waals surface area contributed by atoms with E-state index in [1.54, 1.807) is 14.2 Å². The first-order chi connectivity index (χ1) is 8.81. The second-order valence-corrected chi connectivity index (χ2v) is 3.97. The lowest BCUT2D eigenvalue weighted by atomic mass is 10.2. The Balaban J connectivity index is 2.40. The molecule has 98 valence electrons. The molecule has 1 aromatic rings. The highest BCUT2D eigenvalue weighted by atomic mass is 16.5. The normalized spacial score (nSPS) is 9.83. The molecule has 0 radical (unpaired) electrons. The molecule has 1 N–H and O–H groups in total. The number of methoxy groups -OCH3 is 2. The molecule has 0 fully saturated rings. The van der Waals surface area contributed by atoms with E-state index in [1.165, 1.54) is 0 Å². The molecule has 0 unspecified atom stereocenters. The maximum atomic E-state index is 8.42. The molecule has 0 amide bonds. The van der Waals surface area contributed by atoms with Gasteiger partial charge in [-0.2, -0.15) is 5.26 Å². The number of unbranched alkanes of at least 4 members (excludes halogenated alkanes) is 2. The molecular formula is C14H20N2O2. The lowest BCUT2D eigenvalue weighted by Crippen LogP contribution is -2.15. The minimum Gasteiger partial charge on any atom is -0.497 e. The van der Waals surface area contributed by atoms with Crippen molar-refractivity contribution < 1.29 is 9.47 Å². The summed E-state index contributed by atoms with van der Waals surface area (Å²) in [7, 11) is 3.30. The van der Waals surface area contributed by atoms with Gasteiger partial charge in [-0.25, -0.2) is 0 Å². The van der Waals surface area contributed by atoms with Crippen molar-refractivity contribution in [2.45, 2.75) is 25.8 Å². The van der Waals surface area contributed by atoms with Crippen LogP contribution in [0.15, 0.2) is 18.2 Å². The largest absolute Gasteiger partial charge is 0.497 e. The molecule has 0 aliphatic heterocycles. The predicted molar refractivity (Wildman–Crippen MR) is 70.7 cm³/mol. The first-order valence-electron chi connectivity index (χ1n) is 6.10. The number of benzene rings is 1. The van der Waals surface area contributed by atoms with Crippen LogP contribution in [0.3, 0.4) is 0 Å². The summed E-state index contributed by atoms with van der Waals surface area (Å²) in [4.78, 5) is 0. The molecule has 0 aliphatic rings. The van der Waals surface area contributed by atoms with Gasteiger partial charge in [0.05, 0.1) is 20.3 Å². The van der Waals surface area contributed by atoms with E-state index in [1.807, 2.05) is 18.2 Å². The molecule has 0 spiro atoms. The monoisotopic (exact) mass is 248 g/mol. The summed E-state index contributed by atoms with van der Waals surface area (Å²) in [5.41, 5.74) is 1.11. The summed E-state index contributed by atoms with van der Waals surface area (Å²) >= 11 is 0. The summed E-state index contributed by atoms with van der Waals surface area (Å²) < 4.78 is 10.5. The van der Waals surface area contributed by atoms with Crippen molar-refractivity contribution in [1.82, 2.24) is 5.32 Å². The number of ether oxygens (including phenoxy) is 2. The summed E-state index contributed by atoms with van der Waals surface area (Å²) in [6, 6.07) is 7.95. The molecule has 1 rings (SSSR count). The van der Waals surface area contributed by atoms with Crippen molar-refractivity contribution in [2.24, 2.45) is 0 Å².